The lowest BCUT2D eigenvalue weighted by atomic mass is 10.1. The molecule has 0 unspecified atom stereocenters. The van der Waals surface area contributed by atoms with Crippen LogP contribution >= 0.6 is 0 Å². The van der Waals surface area contributed by atoms with Crippen molar-refractivity contribution in [2.45, 2.75) is 13.0 Å². The number of nitrogens with one attached hydrogen (secondary N) is 1. The van der Waals surface area contributed by atoms with Gasteiger partial charge in [0, 0.05) is 5.69 Å². The van der Waals surface area contributed by atoms with Gasteiger partial charge in [-0.1, -0.05) is 24.3 Å². The molecule has 4 nitrogen and oxygen atoms in total. The highest BCUT2D eigenvalue weighted by atomic mass is 16.3. The summed E-state index contributed by atoms with van der Waals surface area (Å²) in [6.07, 6.45) is 0.240. The molecule has 0 aliphatic heterocycles. The van der Waals surface area contributed by atoms with Gasteiger partial charge in [0.05, 0.1) is 13.0 Å². The number of phenolic OH excluding ortho intramolecular Hbond substituents is 1. The summed E-state index contributed by atoms with van der Waals surface area (Å²) in [5.74, 6) is 0.0422. The third-order valence-electron chi connectivity index (χ3n) is 2.69. The van der Waals surface area contributed by atoms with Crippen LogP contribution in [-0.4, -0.2) is 16.1 Å². The third kappa shape index (κ3) is 3.82. The number of aliphatic hydroxyl groups excluding tert-OH is 1. The minimum Gasteiger partial charge on any atom is -0.508 e. The molecule has 0 aromatic heterocycles. The van der Waals surface area contributed by atoms with Crippen LogP contribution < -0.4 is 5.32 Å². The first-order valence-corrected chi connectivity index (χ1v) is 5.95. The zero-order valence-corrected chi connectivity index (χ0v) is 10.3. The van der Waals surface area contributed by atoms with E-state index >= 15 is 0 Å². The van der Waals surface area contributed by atoms with Crippen LogP contribution in [-0.2, 0) is 17.8 Å². The average molecular weight is 257 g/mol. The van der Waals surface area contributed by atoms with E-state index in [-0.39, 0.29) is 24.7 Å². The second-order valence-electron chi connectivity index (χ2n) is 4.25. The number of carbonyl (C=O) groups is 1. The maximum absolute atomic E-state index is 11.8. The zero-order chi connectivity index (χ0) is 13.7. The molecule has 0 radical (unpaired) electrons. The lowest BCUT2D eigenvalue weighted by Crippen LogP contribution is -2.14. The maximum atomic E-state index is 11.8. The number of anilines is 1. The summed E-state index contributed by atoms with van der Waals surface area (Å²) in [7, 11) is 0. The van der Waals surface area contributed by atoms with Crippen LogP contribution in [0.5, 0.6) is 5.75 Å². The van der Waals surface area contributed by atoms with Gasteiger partial charge >= 0.3 is 0 Å². The maximum Gasteiger partial charge on any atom is 0.228 e. The van der Waals surface area contributed by atoms with Gasteiger partial charge in [-0.2, -0.15) is 0 Å². The van der Waals surface area contributed by atoms with Crippen LogP contribution in [0.2, 0.25) is 0 Å². The van der Waals surface area contributed by atoms with Crippen LogP contribution in [0.15, 0.2) is 48.5 Å². The summed E-state index contributed by atoms with van der Waals surface area (Å²) in [4.78, 5) is 11.8. The molecular weight excluding hydrogens is 242 g/mol. The van der Waals surface area contributed by atoms with Crippen molar-refractivity contribution < 1.29 is 15.0 Å². The van der Waals surface area contributed by atoms with Crippen LogP contribution in [0.25, 0.3) is 0 Å². The number of aliphatic hydroxyl groups is 1. The Balaban J connectivity index is 1.99. The molecule has 19 heavy (non-hydrogen) atoms. The lowest BCUT2D eigenvalue weighted by Gasteiger charge is -2.06. The summed E-state index contributed by atoms with van der Waals surface area (Å²) >= 11 is 0. The first kappa shape index (κ1) is 13.1. The van der Waals surface area contributed by atoms with Gasteiger partial charge in [-0.05, 0) is 35.4 Å². The van der Waals surface area contributed by atoms with Gasteiger partial charge in [-0.25, -0.2) is 0 Å². The van der Waals surface area contributed by atoms with E-state index in [1.54, 1.807) is 48.5 Å². The summed E-state index contributed by atoms with van der Waals surface area (Å²) in [5.41, 5.74) is 2.24. The molecule has 2 aromatic carbocycles. The molecule has 0 spiro atoms. The Kier molecular flexibility index (Phi) is 4.15. The fourth-order valence-electron chi connectivity index (χ4n) is 1.75. The van der Waals surface area contributed by atoms with E-state index in [4.69, 9.17) is 10.2 Å². The number of benzene rings is 2. The molecular formula is C15H15NO3. The Hall–Kier alpha value is -2.33. The van der Waals surface area contributed by atoms with E-state index < -0.39 is 0 Å². The Morgan fingerprint density at radius 3 is 2.47 bits per heavy atom. The molecule has 1 amide bonds. The molecule has 3 N–H and O–H groups in total. The fraction of sp³-hybridized carbons (Fsp3) is 0.133. The first-order chi connectivity index (χ1) is 9.17. The van der Waals surface area contributed by atoms with E-state index in [2.05, 4.69) is 5.32 Å². The summed E-state index contributed by atoms with van der Waals surface area (Å²) in [5, 5.41) is 20.9. The predicted molar refractivity (Wildman–Crippen MR) is 72.8 cm³/mol. The number of rotatable bonds is 4. The molecule has 2 aromatic rings. The Bertz CT molecular complexity index is 564. The summed E-state index contributed by atoms with van der Waals surface area (Å²) in [6, 6.07) is 13.6. The minimum absolute atomic E-state index is 0.0539. The highest BCUT2D eigenvalue weighted by Crippen LogP contribution is 2.13. The number of carbonyl (C=O) groups excluding carboxylic acids is 1. The van der Waals surface area contributed by atoms with Crippen LogP contribution in [0, 0.1) is 0 Å². The van der Waals surface area contributed by atoms with Crippen molar-refractivity contribution in [1.82, 2.24) is 0 Å². The van der Waals surface area contributed by atoms with Gasteiger partial charge in [0.1, 0.15) is 5.75 Å². The van der Waals surface area contributed by atoms with E-state index in [1.165, 1.54) is 0 Å². The summed E-state index contributed by atoms with van der Waals surface area (Å²) in [6.45, 7) is -0.0539. The smallest absolute Gasteiger partial charge is 0.228 e. The van der Waals surface area contributed by atoms with E-state index in [0.717, 1.165) is 11.1 Å². The van der Waals surface area contributed by atoms with Gasteiger partial charge in [0.15, 0.2) is 0 Å². The van der Waals surface area contributed by atoms with Gasteiger partial charge in [0.2, 0.25) is 5.91 Å². The van der Waals surface area contributed by atoms with Crippen LogP contribution in [0.3, 0.4) is 0 Å². The number of hydrogen-bond acceptors (Lipinski definition) is 3. The first-order valence-electron chi connectivity index (χ1n) is 5.95. The normalized spacial score (nSPS) is 10.2. The van der Waals surface area contributed by atoms with Crippen molar-refractivity contribution in [3.8, 4) is 5.75 Å². The number of amides is 1. The topological polar surface area (TPSA) is 69.6 Å². The summed E-state index contributed by atoms with van der Waals surface area (Å²) < 4.78 is 0. The molecule has 4 heteroatoms. The van der Waals surface area contributed by atoms with Crippen LogP contribution in [0.4, 0.5) is 5.69 Å². The van der Waals surface area contributed by atoms with Crippen molar-refractivity contribution in [3.63, 3.8) is 0 Å². The molecule has 0 aliphatic rings. The second kappa shape index (κ2) is 6.02. The number of phenols is 1. The van der Waals surface area contributed by atoms with Crippen molar-refractivity contribution in [2.24, 2.45) is 0 Å². The molecule has 0 fully saturated rings. The number of hydrogen-bond donors (Lipinski definition) is 3. The molecule has 0 saturated heterocycles. The molecule has 0 atom stereocenters. The van der Waals surface area contributed by atoms with Gasteiger partial charge < -0.3 is 15.5 Å². The molecule has 2 rings (SSSR count). The largest absolute Gasteiger partial charge is 0.508 e. The molecule has 0 bridgehead atoms. The minimum atomic E-state index is -0.138. The molecule has 0 heterocycles. The number of aromatic hydroxyl groups is 1. The Labute approximate surface area is 111 Å². The Morgan fingerprint density at radius 2 is 1.79 bits per heavy atom. The van der Waals surface area contributed by atoms with Gasteiger partial charge in [0.25, 0.3) is 0 Å². The average Bonchev–Trinajstić information content (AvgIpc) is 2.41. The van der Waals surface area contributed by atoms with E-state index in [9.17, 15) is 4.79 Å². The molecule has 98 valence electrons. The molecule has 0 aliphatic carbocycles. The quantitative estimate of drug-likeness (QED) is 0.785. The van der Waals surface area contributed by atoms with Crippen LogP contribution in [0.1, 0.15) is 11.1 Å². The standard InChI is InChI=1S/C15H15NO3/c17-10-12-2-1-3-13(8-12)16-15(19)9-11-4-6-14(18)7-5-11/h1-8,17-18H,9-10H2,(H,16,19). The van der Waals surface area contributed by atoms with E-state index in [0.29, 0.717) is 5.69 Å². The van der Waals surface area contributed by atoms with Gasteiger partial charge in [-0.3, -0.25) is 4.79 Å². The monoisotopic (exact) mass is 257 g/mol. The predicted octanol–water partition coefficient (Wildman–Crippen LogP) is 2.07. The lowest BCUT2D eigenvalue weighted by molar-refractivity contribution is -0.115. The van der Waals surface area contributed by atoms with Crippen molar-refractivity contribution in [3.05, 3.63) is 59.7 Å². The SMILES string of the molecule is O=C(Cc1ccc(O)cc1)Nc1cccc(CO)c1. The zero-order valence-electron chi connectivity index (χ0n) is 10.3. The van der Waals surface area contributed by atoms with Crippen molar-refractivity contribution >= 4 is 11.6 Å². The van der Waals surface area contributed by atoms with Gasteiger partial charge in [-0.15, -0.1) is 0 Å². The third-order valence-corrected chi connectivity index (χ3v) is 2.69. The Morgan fingerprint density at radius 1 is 1.05 bits per heavy atom. The highest BCUT2D eigenvalue weighted by Gasteiger charge is 2.04. The second-order valence-corrected chi connectivity index (χ2v) is 4.25. The molecule has 0 saturated carbocycles. The van der Waals surface area contributed by atoms with Crippen molar-refractivity contribution in [1.29, 1.82) is 0 Å². The highest BCUT2D eigenvalue weighted by molar-refractivity contribution is 5.92. The van der Waals surface area contributed by atoms with E-state index in [1.807, 2.05) is 0 Å². The van der Waals surface area contributed by atoms with Crippen molar-refractivity contribution in [2.75, 3.05) is 5.32 Å². The fourth-order valence-corrected chi connectivity index (χ4v) is 1.75.